The Kier molecular flexibility index (Phi) is 10.4. The monoisotopic (exact) mass is 458 g/mol. The molecule has 4 fully saturated rings. The summed E-state index contributed by atoms with van der Waals surface area (Å²) in [6.07, 6.45) is 31.8. The zero-order valence-corrected chi connectivity index (χ0v) is 22.1. The van der Waals surface area contributed by atoms with Gasteiger partial charge in [0.05, 0.1) is 0 Å². The molecule has 0 aliphatic heterocycles. The second kappa shape index (κ2) is 12.7. The molecule has 4 rings (SSSR count). The lowest BCUT2D eigenvalue weighted by Crippen LogP contribution is -2.16. The molecule has 0 heterocycles. The van der Waals surface area contributed by atoms with Crippen molar-refractivity contribution in [2.24, 2.45) is 0 Å². The lowest BCUT2D eigenvalue weighted by Gasteiger charge is -2.45. The molecule has 4 unspecified atom stereocenters. The predicted molar refractivity (Wildman–Crippen MR) is 138 cm³/mol. The van der Waals surface area contributed by atoms with Crippen LogP contribution in [0.15, 0.2) is 0 Å². The third-order valence-corrected chi connectivity index (χ3v) is 30.3. The van der Waals surface area contributed by atoms with Gasteiger partial charge in [-0.05, 0) is 74.0 Å². The minimum Gasteiger partial charge on any atom is -0.0877 e. The van der Waals surface area contributed by atoms with Gasteiger partial charge in [-0.2, -0.15) is 0 Å². The second-order valence-electron chi connectivity index (χ2n) is 10.2. The van der Waals surface area contributed by atoms with Gasteiger partial charge in [0.15, 0.2) is 0 Å². The fraction of sp³-hybridized carbons (Fsp3) is 1.00. The van der Waals surface area contributed by atoms with Crippen molar-refractivity contribution >= 4 is 31.1 Å². The highest BCUT2D eigenvalue weighted by molar-refractivity contribution is 8.72. The fourth-order valence-electron chi connectivity index (χ4n) is 6.18. The van der Waals surface area contributed by atoms with E-state index in [-0.39, 0.29) is 0 Å². The number of rotatable bonds is 7. The summed E-state index contributed by atoms with van der Waals surface area (Å²) in [6.45, 7) is 0. The zero-order valence-electron chi connectivity index (χ0n) is 18.3. The summed E-state index contributed by atoms with van der Waals surface area (Å²) >= 11 is 0. The van der Waals surface area contributed by atoms with Crippen LogP contribution in [0.1, 0.15) is 128 Å². The van der Waals surface area contributed by atoms with Gasteiger partial charge in [0.25, 0.3) is 0 Å². The van der Waals surface area contributed by atoms with Gasteiger partial charge in [-0.1, -0.05) is 108 Å². The van der Waals surface area contributed by atoms with E-state index in [1.165, 1.54) is 39.2 Å². The van der Waals surface area contributed by atoms with Crippen molar-refractivity contribution in [1.82, 2.24) is 0 Å². The van der Waals surface area contributed by atoms with Crippen molar-refractivity contribution < 1.29 is 0 Å². The molecule has 0 radical (unpaired) electrons. The first-order chi connectivity index (χ1) is 13.9. The molecule has 0 amide bonds. The maximum atomic E-state index is 1.64. The van der Waals surface area contributed by atoms with Gasteiger partial charge in [0.2, 0.25) is 0 Å². The van der Waals surface area contributed by atoms with E-state index in [2.05, 4.69) is 0 Å². The second-order valence-corrected chi connectivity index (χ2v) is 24.5. The topological polar surface area (TPSA) is 0 Å². The van der Waals surface area contributed by atoms with E-state index in [9.17, 15) is 0 Å². The van der Waals surface area contributed by atoms with Crippen molar-refractivity contribution in [1.29, 1.82) is 0 Å². The van der Waals surface area contributed by atoms with Crippen molar-refractivity contribution in [2.75, 3.05) is 0 Å². The summed E-state index contributed by atoms with van der Waals surface area (Å²) in [7, 11) is 3.64. The number of hydrogen-bond acceptors (Lipinski definition) is 0. The molecular formula is C24H46P4. The molecule has 4 aliphatic carbocycles. The average molecular weight is 459 g/mol. The Bertz CT molecular complexity index is 378. The third kappa shape index (κ3) is 6.86. The highest BCUT2D eigenvalue weighted by atomic mass is 32.6. The van der Waals surface area contributed by atoms with E-state index in [4.69, 9.17) is 0 Å². The van der Waals surface area contributed by atoms with Gasteiger partial charge in [0.1, 0.15) is 0 Å². The molecule has 162 valence electrons. The van der Waals surface area contributed by atoms with Crippen LogP contribution in [0.3, 0.4) is 0 Å². The average Bonchev–Trinajstić information content (AvgIpc) is 2.79. The summed E-state index contributed by atoms with van der Waals surface area (Å²) < 4.78 is 0. The largest absolute Gasteiger partial charge is 0.0877 e. The van der Waals surface area contributed by atoms with Crippen LogP contribution in [0, 0.1) is 0 Å². The van der Waals surface area contributed by atoms with Crippen LogP contribution in [-0.2, 0) is 0 Å². The standard InChI is InChI=1S/C24H46P4/c1-5-13-21(14-6-1)25-27(23-17-9-3-10-18-23)28(24-19-11-4-12-20-24)26-22-15-7-2-8-16-22/h21-26H,1-20H2. The van der Waals surface area contributed by atoms with Gasteiger partial charge >= 0.3 is 0 Å². The molecule has 4 atom stereocenters. The van der Waals surface area contributed by atoms with Crippen molar-refractivity contribution in [2.45, 2.75) is 151 Å². The highest BCUT2D eigenvalue weighted by Gasteiger charge is 2.38. The van der Waals surface area contributed by atoms with E-state index < -0.39 is 0 Å². The van der Waals surface area contributed by atoms with Crippen molar-refractivity contribution in [3.63, 3.8) is 0 Å². The minimum absolute atomic E-state index is 0.392. The molecule has 0 N–H and O–H groups in total. The lowest BCUT2D eigenvalue weighted by molar-refractivity contribution is 0.507. The quantitative estimate of drug-likeness (QED) is 0.333. The normalized spacial score (nSPS) is 30.4. The molecule has 28 heavy (non-hydrogen) atoms. The summed E-state index contributed by atoms with van der Waals surface area (Å²) in [4.78, 5) is 0. The molecule has 4 heteroatoms. The van der Waals surface area contributed by atoms with E-state index in [0.29, 0.717) is 14.6 Å². The van der Waals surface area contributed by atoms with Crippen molar-refractivity contribution in [3.05, 3.63) is 0 Å². The third-order valence-electron chi connectivity index (χ3n) is 7.91. The molecule has 0 nitrogen and oxygen atoms in total. The van der Waals surface area contributed by atoms with E-state index >= 15 is 0 Å². The van der Waals surface area contributed by atoms with Crippen LogP contribution >= 0.6 is 31.1 Å². The highest BCUT2D eigenvalue weighted by Crippen LogP contribution is 2.93. The smallest absolute Gasteiger partial charge is 0.0131 e. The lowest BCUT2D eigenvalue weighted by atomic mass is 10.0. The Morgan fingerprint density at radius 1 is 0.357 bits per heavy atom. The van der Waals surface area contributed by atoms with Crippen LogP contribution in [0.2, 0.25) is 0 Å². The Morgan fingerprint density at radius 2 is 0.643 bits per heavy atom. The van der Waals surface area contributed by atoms with Crippen LogP contribution in [0.25, 0.3) is 0 Å². The predicted octanol–water partition coefficient (Wildman–Crippen LogP) is 10.4. The molecular weight excluding hydrogens is 412 g/mol. The molecule has 0 aromatic carbocycles. The van der Waals surface area contributed by atoms with E-state index in [1.807, 2.05) is 0 Å². The SMILES string of the molecule is C1CCC(PP(C2CCCCC2)P(PC2CCCCC2)C2CCCCC2)CC1. The van der Waals surface area contributed by atoms with Crippen LogP contribution in [0.4, 0.5) is 0 Å². The summed E-state index contributed by atoms with van der Waals surface area (Å²) in [5.41, 5.74) is 4.78. The first-order valence-corrected chi connectivity index (χ1v) is 20.4. The first kappa shape index (κ1) is 22.9. The minimum atomic E-state index is 0.392. The Hall–Kier alpha value is 1.72. The molecule has 4 saturated carbocycles. The first-order valence-electron chi connectivity index (χ1n) is 13.0. The molecule has 0 saturated heterocycles. The van der Waals surface area contributed by atoms with Gasteiger partial charge in [0, 0.05) is 0 Å². The van der Waals surface area contributed by atoms with Crippen molar-refractivity contribution in [3.8, 4) is 0 Å². The molecule has 0 bridgehead atoms. The molecule has 0 aromatic rings. The van der Waals surface area contributed by atoms with Crippen LogP contribution < -0.4 is 0 Å². The van der Waals surface area contributed by atoms with E-state index in [0.717, 1.165) is 0 Å². The van der Waals surface area contributed by atoms with Gasteiger partial charge in [-0.15, -0.1) is 0 Å². The maximum absolute atomic E-state index is 1.64. The summed E-state index contributed by atoms with van der Waals surface area (Å²) in [5.74, 6) is 0. The Balaban J connectivity index is 1.50. The van der Waals surface area contributed by atoms with Crippen LogP contribution in [0.5, 0.6) is 0 Å². The zero-order chi connectivity index (χ0) is 19.0. The molecule has 0 aromatic heterocycles. The summed E-state index contributed by atoms with van der Waals surface area (Å²) in [5, 5.41) is 0. The molecule has 0 spiro atoms. The van der Waals surface area contributed by atoms with Gasteiger partial charge in [-0.3, -0.25) is 0 Å². The fourth-order valence-corrected chi connectivity index (χ4v) is 33.4. The Morgan fingerprint density at radius 3 is 0.964 bits per heavy atom. The van der Waals surface area contributed by atoms with Gasteiger partial charge in [-0.25, -0.2) is 0 Å². The maximum Gasteiger partial charge on any atom is -0.0131 e. The Labute approximate surface area is 182 Å². The van der Waals surface area contributed by atoms with Crippen LogP contribution in [-0.4, -0.2) is 22.6 Å². The van der Waals surface area contributed by atoms with E-state index in [1.54, 1.807) is 128 Å². The molecule has 4 aliphatic rings. The summed E-state index contributed by atoms with van der Waals surface area (Å²) in [6, 6.07) is 0. The van der Waals surface area contributed by atoms with Gasteiger partial charge < -0.3 is 0 Å². The number of hydrogen-bond donors (Lipinski definition) is 0.